The first-order chi connectivity index (χ1) is 13.0. The number of morpholine rings is 1. The van der Waals surface area contributed by atoms with Crippen molar-refractivity contribution in [2.75, 3.05) is 40.3 Å². The average molecular weight is 396 g/mol. The third kappa shape index (κ3) is 4.80. The Morgan fingerprint density at radius 1 is 1.44 bits per heavy atom. The Balaban J connectivity index is 1.60. The van der Waals surface area contributed by atoms with Crippen molar-refractivity contribution < 1.29 is 18.3 Å². The number of likely N-dealkylation sites (N-methyl/N-ethyl adjacent to an activating group) is 1. The van der Waals surface area contributed by atoms with Crippen molar-refractivity contribution >= 4 is 17.6 Å². The summed E-state index contributed by atoms with van der Waals surface area (Å²) in [5, 5.41) is 3.00. The molecule has 1 fully saturated rings. The molecule has 2 aromatic rings. The summed E-state index contributed by atoms with van der Waals surface area (Å²) in [5.74, 6) is 0.319. The molecule has 0 unspecified atom stereocenters. The minimum absolute atomic E-state index is 0.0462. The molecule has 1 aromatic carbocycles. The van der Waals surface area contributed by atoms with Crippen molar-refractivity contribution in [1.29, 1.82) is 0 Å². The zero-order chi connectivity index (χ0) is 19.4. The monoisotopic (exact) mass is 395 g/mol. The highest BCUT2D eigenvalue weighted by Crippen LogP contribution is 2.26. The van der Waals surface area contributed by atoms with Gasteiger partial charge < -0.3 is 19.4 Å². The van der Waals surface area contributed by atoms with Crippen LogP contribution >= 0.6 is 11.6 Å². The molecule has 1 saturated heterocycles. The molecular weight excluding hydrogens is 373 g/mol. The van der Waals surface area contributed by atoms with Gasteiger partial charge in [0.1, 0.15) is 17.7 Å². The Kier molecular flexibility index (Phi) is 6.36. The zero-order valence-electron chi connectivity index (χ0n) is 15.3. The molecule has 1 N–H and O–H groups in total. The van der Waals surface area contributed by atoms with E-state index in [2.05, 4.69) is 5.32 Å². The molecule has 1 aliphatic rings. The summed E-state index contributed by atoms with van der Waals surface area (Å²) >= 11 is 5.86. The van der Waals surface area contributed by atoms with Crippen molar-refractivity contribution in [2.45, 2.75) is 12.1 Å². The van der Waals surface area contributed by atoms with Crippen molar-refractivity contribution in [1.82, 2.24) is 15.1 Å². The van der Waals surface area contributed by atoms with E-state index in [9.17, 15) is 9.18 Å². The number of halogens is 2. The summed E-state index contributed by atoms with van der Waals surface area (Å²) in [4.78, 5) is 16.3. The van der Waals surface area contributed by atoms with E-state index in [0.717, 1.165) is 11.3 Å². The largest absolute Gasteiger partial charge is 0.468 e. The van der Waals surface area contributed by atoms with Crippen LogP contribution in [0.3, 0.4) is 0 Å². The van der Waals surface area contributed by atoms with Crippen LogP contribution in [-0.4, -0.2) is 56.2 Å². The normalized spacial score (nSPS) is 18.6. The SMILES string of the molecule is CN(C)[C@@H](CNC(=O)N1CCO[C@H](c2ccc(F)c(Cl)c2)C1)c1ccco1. The Labute approximate surface area is 162 Å². The second kappa shape index (κ2) is 8.73. The smallest absolute Gasteiger partial charge is 0.317 e. The van der Waals surface area contributed by atoms with Crippen LogP contribution in [0.4, 0.5) is 9.18 Å². The van der Waals surface area contributed by atoms with Gasteiger partial charge in [-0.1, -0.05) is 17.7 Å². The second-order valence-electron chi connectivity index (χ2n) is 6.66. The van der Waals surface area contributed by atoms with Crippen LogP contribution in [0.1, 0.15) is 23.5 Å². The van der Waals surface area contributed by atoms with Crippen molar-refractivity contribution in [3.63, 3.8) is 0 Å². The highest BCUT2D eigenvalue weighted by atomic mass is 35.5. The molecule has 2 amide bonds. The molecule has 2 heterocycles. The van der Waals surface area contributed by atoms with Gasteiger partial charge in [0, 0.05) is 13.1 Å². The summed E-state index contributed by atoms with van der Waals surface area (Å²) in [6.07, 6.45) is 1.28. The number of hydrogen-bond donors (Lipinski definition) is 1. The van der Waals surface area contributed by atoms with E-state index >= 15 is 0 Å². The number of hydrogen-bond acceptors (Lipinski definition) is 4. The number of nitrogens with one attached hydrogen (secondary N) is 1. The van der Waals surface area contributed by atoms with Gasteiger partial charge in [-0.15, -0.1) is 0 Å². The van der Waals surface area contributed by atoms with Crippen LogP contribution in [0.5, 0.6) is 0 Å². The first-order valence-electron chi connectivity index (χ1n) is 8.75. The van der Waals surface area contributed by atoms with E-state index in [-0.39, 0.29) is 23.2 Å². The molecule has 0 saturated carbocycles. The highest BCUT2D eigenvalue weighted by Gasteiger charge is 2.27. The molecule has 8 heteroatoms. The summed E-state index contributed by atoms with van der Waals surface area (Å²) in [6.45, 7) is 1.69. The van der Waals surface area contributed by atoms with E-state index in [0.29, 0.717) is 26.2 Å². The maximum Gasteiger partial charge on any atom is 0.317 e. The van der Waals surface area contributed by atoms with Crippen LogP contribution < -0.4 is 5.32 Å². The predicted molar refractivity (Wildman–Crippen MR) is 100 cm³/mol. The van der Waals surface area contributed by atoms with Gasteiger partial charge in [-0.25, -0.2) is 9.18 Å². The molecule has 1 aliphatic heterocycles. The van der Waals surface area contributed by atoms with Crippen LogP contribution in [0.15, 0.2) is 41.0 Å². The topological polar surface area (TPSA) is 58.0 Å². The predicted octanol–water partition coefficient (Wildman–Crippen LogP) is 3.46. The molecule has 2 atom stereocenters. The van der Waals surface area contributed by atoms with Crippen molar-refractivity contribution in [2.24, 2.45) is 0 Å². The number of nitrogens with zero attached hydrogens (tertiary/aromatic N) is 2. The van der Waals surface area contributed by atoms with Crippen LogP contribution in [0.2, 0.25) is 5.02 Å². The minimum atomic E-state index is -0.474. The first kappa shape index (κ1) is 19.7. The van der Waals surface area contributed by atoms with E-state index in [1.165, 1.54) is 6.07 Å². The fraction of sp³-hybridized carbons (Fsp3) is 0.421. The van der Waals surface area contributed by atoms with Crippen molar-refractivity contribution in [3.05, 3.63) is 58.8 Å². The summed E-state index contributed by atoms with van der Waals surface area (Å²) in [7, 11) is 3.87. The van der Waals surface area contributed by atoms with Crippen LogP contribution in [-0.2, 0) is 4.74 Å². The van der Waals surface area contributed by atoms with Gasteiger partial charge in [0.25, 0.3) is 0 Å². The quantitative estimate of drug-likeness (QED) is 0.842. The Morgan fingerprint density at radius 3 is 2.93 bits per heavy atom. The molecule has 0 spiro atoms. The molecule has 27 heavy (non-hydrogen) atoms. The number of urea groups is 1. The third-order valence-corrected chi connectivity index (χ3v) is 4.90. The lowest BCUT2D eigenvalue weighted by atomic mass is 10.1. The van der Waals surface area contributed by atoms with E-state index in [4.69, 9.17) is 20.8 Å². The maximum atomic E-state index is 13.4. The van der Waals surface area contributed by atoms with E-state index in [1.54, 1.807) is 23.3 Å². The molecular formula is C19H23ClFN3O3. The van der Waals surface area contributed by atoms with Gasteiger partial charge in [0.05, 0.1) is 30.5 Å². The van der Waals surface area contributed by atoms with Gasteiger partial charge in [0.2, 0.25) is 0 Å². The Bertz CT molecular complexity index is 770. The zero-order valence-corrected chi connectivity index (χ0v) is 16.1. The Hall–Kier alpha value is -2.09. The highest BCUT2D eigenvalue weighted by molar-refractivity contribution is 6.30. The van der Waals surface area contributed by atoms with Crippen LogP contribution in [0.25, 0.3) is 0 Å². The minimum Gasteiger partial charge on any atom is -0.468 e. The molecule has 0 bridgehead atoms. The fourth-order valence-electron chi connectivity index (χ4n) is 3.06. The number of furan rings is 1. The summed E-state index contributed by atoms with van der Waals surface area (Å²) < 4.78 is 24.6. The van der Waals surface area contributed by atoms with Gasteiger partial charge in [-0.2, -0.15) is 0 Å². The number of carbonyl (C=O) groups excluding carboxylic acids is 1. The average Bonchev–Trinajstić information content (AvgIpc) is 3.18. The molecule has 0 aliphatic carbocycles. The fourth-order valence-corrected chi connectivity index (χ4v) is 3.25. The summed E-state index contributed by atoms with van der Waals surface area (Å²) in [5.41, 5.74) is 0.751. The lowest BCUT2D eigenvalue weighted by molar-refractivity contribution is -0.0156. The van der Waals surface area contributed by atoms with Crippen molar-refractivity contribution in [3.8, 4) is 0 Å². The van der Waals surface area contributed by atoms with Gasteiger partial charge in [-0.05, 0) is 43.9 Å². The lowest BCUT2D eigenvalue weighted by Gasteiger charge is -2.34. The second-order valence-corrected chi connectivity index (χ2v) is 7.07. The van der Waals surface area contributed by atoms with E-state index in [1.807, 2.05) is 31.1 Å². The number of carbonyl (C=O) groups is 1. The first-order valence-corrected chi connectivity index (χ1v) is 9.12. The number of ether oxygens (including phenoxy) is 1. The number of amides is 2. The van der Waals surface area contributed by atoms with Gasteiger partial charge in [-0.3, -0.25) is 4.90 Å². The molecule has 3 rings (SSSR count). The lowest BCUT2D eigenvalue weighted by Crippen LogP contribution is -2.48. The number of benzene rings is 1. The molecule has 1 aromatic heterocycles. The van der Waals surface area contributed by atoms with E-state index < -0.39 is 5.82 Å². The molecule has 6 nitrogen and oxygen atoms in total. The summed E-state index contributed by atoms with van der Waals surface area (Å²) in [6, 6.07) is 7.97. The Morgan fingerprint density at radius 2 is 2.26 bits per heavy atom. The van der Waals surface area contributed by atoms with Gasteiger partial charge >= 0.3 is 6.03 Å². The van der Waals surface area contributed by atoms with Gasteiger partial charge in [0.15, 0.2) is 0 Å². The standard InChI is InChI=1S/C19H23ClFN3O3/c1-23(2)16(17-4-3-8-26-17)11-22-19(25)24-7-9-27-18(12-24)13-5-6-15(21)14(20)10-13/h3-6,8,10,16,18H,7,9,11-12H2,1-2H3,(H,22,25)/t16-,18-/m0/s1. The molecule has 146 valence electrons. The third-order valence-electron chi connectivity index (χ3n) is 4.61. The van der Waals surface area contributed by atoms with Crippen LogP contribution in [0, 0.1) is 5.82 Å². The molecule has 0 radical (unpaired) electrons. The maximum absolute atomic E-state index is 13.4. The number of rotatable bonds is 5.